The standard InChI is InChI=1S/C33H32F4N6O2S/c1-19(2)28-16-25(34)10-15-29(28)43-20(3)17-46-32(43)40-31(44)39-22(5)21(4)23-6-8-24(9-7-23)30-38-18-42(41-30)26-11-13-27(14-12-26)45-33(35,36)37/h6-19,21-22H,1-5H3,(H,39,44). The Morgan fingerprint density at radius 1 is 1.00 bits per heavy atom. The SMILES string of the molecule is Cc1csc(=NC(=O)NC(C)C(C)c2ccc(-c3ncn(-c4ccc(OC(F)(F)F)cc4)n3)cc2)n1-c1ccc(F)cc1C(C)C. The Kier molecular flexibility index (Phi) is 9.42. The number of aromatic nitrogens is 4. The highest BCUT2D eigenvalue weighted by Crippen LogP contribution is 2.27. The predicted molar refractivity (Wildman–Crippen MR) is 168 cm³/mol. The smallest absolute Gasteiger partial charge is 0.406 e. The van der Waals surface area contributed by atoms with Crippen LogP contribution in [0, 0.1) is 12.7 Å². The van der Waals surface area contributed by atoms with Gasteiger partial charge >= 0.3 is 12.4 Å². The van der Waals surface area contributed by atoms with Gasteiger partial charge in [0.2, 0.25) is 0 Å². The Bertz CT molecular complexity index is 1890. The van der Waals surface area contributed by atoms with Crippen molar-refractivity contribution >= 4 is 17.4 Å². The van der Waals surface area contributed by atoms with Crippen LogP contribution in [-0.4, -0.2) is 37.8 Å². The number of ether oxygens (including phenoxy) is 1. The molecule has 2 unspecified atom stereocenters. The zero-order valence-corrected chi connectivity index (χ0v) is 26.5. The van der Waals surface area contributed by atoms with Crippen LogP contribution in [0.1, 0.15) is 56.4 Å². The number of carbonyl (C=O) groups excluding carboxylic acids is 1. The Labute approximate surface area is 267 Å². The Balaban J connectivity index is 1.26. The van der Waals surface area contributed by atoms with E-state index in [0.29, 0.717) is 16.3 Å². The summed E-state index contributed by atoms with van der Waals surface area (Å²) in [6, 6.07) is 16.8. The van der Waals surface area contributed by atoms with E-state index in [1.165, 1.54) is 58.7 Å². The van der Waals surface area contributed by atoms with Crippen LogP contribution in [0.3, 0.4) is 0 Å². The van der Waals surface area contributed by atoms with E-state index in [2.05, 4.69) is 25.1 Å². The van der Waals surface area contributed by atoms with Crippen molar-refractivity contribution < 1.29 is 27.1 Å². The Morgan fingerprint density at radius 2 is 1.70 bits per heavy atom. The molecule has 0 aliphatic heterocycles. The van der Waals surface area contributed by atoms with Crippen molar-refractivity contribution in [2.24, 2.45) is 4.99 Å². The molecular formula is C33H32F4N6O2S. The molecule has 2 atom stereocenters. The molecule has 46 heavy (non-hydrogen) atoms. The third kappa shape index (κ3) is 7.53. The molecule has 2 aromatic heterocycles. The Hall–Kier alpha value is -4.78. The first kappa shape index (κ1) is 32.6. The van der Waals surface area contributed by atoms with E-state index in [-0.39, 0.29) is 29.4 Å². The average molecular weight is 653 g/mol. The highest BCUT2D eigenvalue weighted by Gasteiger charge is 2.31. The molecule has 0 fully saturated rings. The van der Waals surface area contributed by atoms with Crippen molar-refractivity contribution in [1.82, 2.24) is 24.6 Å². The third-order valence-corrected chi connectivity index (χ3v) is 8.49. The molecule has 3 aromatic carbocycles. The number of alkyl halides is 3. The van der Waals surface area contributed by atoms with Crippen molar-refractivity contribution in [1.29, 1.82) is 0 Å². The fourth-order valence-electron chi connectivity index (χ4n) is 4.94. The van der Waals surface area contributed by atoms with Gasteiger partial charge in [-0.1, -0.05) is 45.0 Å². The van der Waals surface area contributed by atoms with Crippen LogP contribution in [0.15, 0.2) is 83.4 Å². The summed E-state index contributed by atoms with van der Waals surface area (Å²) in [7, 11) is 0. The minimum Gasteiger partial charge on any atom is -0.406 e. The zero-order valence-electron chi connectivity index (χ0n) is 25.7. The minimum atomic E-state index is -4.76. The van der Waals surface area contributed by atoms with E-state index >= 15 is 0 Å². The first-order chi connectivity index (χ1) is 21.8. The molecule has 0 aliphatic rings. The monoisotopic (exact) mass is 652 g/mol. The summed E-state index contributed by atoms with van der Waals surface area (Å²) in [5, 5.41) is 9.33. The van der Waals surface area contributed by atoms with Gasteiger partial charge in [-0.15, -0.1) is 29.6 Å². The first-order valence-corrected chi connectivity index (χ1v) is 15.4. The molecule has 0 bridgehead atoms. The summed E-state index contributed by atoms with van der Waals surface area (Å²) in [6.07, 6.45) is -3.29. The molecule has 0 spiro atoms. The van der Waals surface area contributed by atoms with Gasteiger partial charge in [0.15, 0.2) is 10.6 Å². The van der Waals surface area contributed by atoms with E-state index in [4.69, 9.17) is 0 Å². The molecule has 0 saturated carbocycles. The molecule has 5 aromatic rings. The minimum absolute atomic E-state index is 0.0574. The van der Waals surface area contributed by atoms with Crippen LogP contribution < -0.4 is 14.9 Å². The highest BCUT2D eigenvalue weighted by atomic mass is 32.1. The summed E-state index contributed by atoms with van der Waals surface area (Å²) in [5.41, 5.74) is 4.75. The molecule has 5 rings (SSSR count). The van der Waals surface area contributed by atoms with Gasteiger partial charge in [0.25, 0.3) is 0 Å². The van der Waals surface area contributed by atoms with Crippen LogP contribution in [0.25, 0.3) is 22.8 Å². The lowest BCUT2D eigenvalue weighted by Crippen LogP contribution is -2.35. The van der Waals surface area contributed by atoms with Crippen LogP contribution in [0.2, 0.25) is 0 Å². The number of hydrogen-bond acceptors (Lipinski definition) is 5. The van der Waals surface area contributed by atoms with Crippen molar-refractivity contribution in [2.75, 3.05) is 0 Å². The number of urea groups is 1. The maximum Gasteiger partial charge on any atom is 0.573 e. The molecule has 1 N–H and O–H groups in total. The third-order valence-electron chi connectivity index (χ3n) is 7.55. The number of benzene rings is 3. The normalized spacial score (nSPS) is 13.6. The molecule has 2 heterocycles. The number of nitrogens with one attached hydrogen (secondary N) is 1. The summed E-state index contributed by atoms with van der Waals surface area (Å²) >= 11 is 1.34. The summed E-state index contributed by atoms with van der Waals surface area (Å²) in [6.45, 7) is 9.81. The van der Waals surface area contributed by atoms with Gasteiger partial charge in [-0.25, -0.2) is 18.9 Å². The Morgan fingerprint density at radius 3 is 2.35 bits per heavy atom. The molecule has 240 valence electrons. The maximum atomic E-state index is 14.0. The van der Waals surface area contributed by atoms with Gasteiger partial charge < -0.3 is 10.1 Å². The second-order valence-electron chi connectivity index (χ2n) is 11.2. The summed E-state index contributed by atoms with van der Waals surface area (Å²) in [4.78, 5) is 22.2. The number of rotatable bonds is 8. The van der Waals surface area contributed by atoms with Crippen molar-refractivity contribution in [3.8, 4) is 28.5 Å². The molecule has 0 saturated heterocycles. The lowest BCUT2D eigenvalue weighted by Gasteiger charge is -2.21. The second kappa shape index (κ2) is 13.3. The van der Waals surface area contributed by atoms with E-state index in [1.54, 1.807) is 6.07 Å². The van der Waals surface area contributed by atoms with Crippen molar-refractivity contribution in [3.05, 3.63) is 106 Å². The zero-order chi connectivity index (χ0) is 33.2. The van der Waals surface area contributed by atoms with E-state index < -0.39 is 12.4 Å². The lowest BCUT2D eigenvalue weighted by atomic mass is 9.93. The van der Waals surface area contributed by atoms with E-state index in [0.717, 1.165) is 28.1 Å². The van der Waals surface area contributed by atoms with Crippen LogP contribution in [0.5, 0.6) is 5.75 Å². The van der Waals surface area contributed by atoms with Crippen molar-refractivity contribution in [2.45, 2.75) is 58.9 Å². The predicted octanol–water partition coefficient (Wildman–Crippen LogP) is 8.06. The number of nitrogens with zero attached hydrogens (tertiary/aromatic N) is 5. The average Bonchev–Trinajstić information content (AvgIpc) is 3.63. The van der Waals surface area contributed by atoms with Crippen LogP contribution in [-0.2, 0) is 0 Å². The number of amides is 2. The van der Waals surface area contributed by atoms with Gasteiger partial charge in [0.1, 0.15) is 17.9 Å². The van der Waals surface area contributed by atoms with Crippen LogP contribution >= 0.6 is 11.3 Å². The van der Waals surface area contributed by atoms with Gasteiger partial charge in [0, 0.05) is 28.6 Å². The second-order valence-corrected chi connectivity index (χ2v) is 12.0. The highest BCUT2D eigenvalue weighted by molar-refractivity contribution is 7.07. The lowest BCUT2D eigenvalue weighted by molar-refractivity contribution is -0.274. The molecule has 8 nitrogen and oxygen atoms in total. The van der Waals surface area contributed by atoms with Gasteiger partial charge in [0.05, 0.1) is 11.4 Å². The van der Waals surface area contributed by atoms with Crippen LogP contribution in [0.4, 0.5) is 22.4 Å². The first-order valence-electron chi connectivity index (χ1n) is 14.5. The van der Waals surface area contributed by atoms with Gasteiger partial charge in [-0.3, -0.25) is 4.57 Å². The molecule has 13 heteroatoms. The largest absolute Gasteiger partial charge is 0.573 e. The van der Waals surface area contributed by atoms with Gasteiger partial charge in [-0.2, -0.15) is 4.99 Å². The molecule has 0 aliphatic carbocycles. The van der Waals surface area contributed by atoms with E-state index in [9.17, 15) is 22.4 Å². The summed E-state index contributed by atoms with van der Waals surface area (Å²) in [5.74, 6) is -0.184. The summed E-state index contributed by atoms with van der Waals surface area (Å²) < 4.78 is 58.6. The quantitative estimate of drug-likeness (QED) is 0.172. The van der Waals surface area contributed by atoms with E-state index in [1.807, 2.05) is 68.8 Å². The number of carbonyl (C=O) groups is 1. The van der Waals surface area contributed by atoms with Gasteiger partial charge in [-0.05, 0) is 73.4 Å². The number of aryl methyl sites for hydroxylation is 1. The van der Waals surface area contributed by atoms with Crippen molar-refractivity contribution in [3.63, 3.8) is 0 Å². The number of halogens is 4. The topological polar surface area (TPSA) is 86.3 Å². The number of thiazole rings is 1. The maximum absolute atomic E-state index is 14.0. The fraction of sp³-hybridized carbons (Fsp3) is 0.273. The molecule has 0 radical (unpaired) electrons. The fourth-order valence-corrected chi connectivity index (χ4v) is 5.80. The molecular weight excluding hydrogens is 620 g/mol. The number of hydrogen-bond donors (Lipinski definition) is 1. The molecule has 2 amide bonds.